The maximum Gasteiger partial charge on any atom is 0.316 e. The van der Waals surface area contributed by atoms with Gasteiger partial charge in [-0.15, -0.1) is 0 Å². The molecule has 0 bridgehead atoms. The zero-order chi connectivity index (χ0) is 16.0. The maximum absolute atomic E-state index is 11.8. The zero-order valence-corrected chi connectivity index (χ0v) is 12.6. The van der Waals surface area contributed by atoms with Gasteiger partial charge in [0, 0.05) is 5.92 Å². The van der Waals surface area contributed by atoms with Crippen molar-refractivity contribution in [2.75, 3.05) is 7.11 Å². The molecule has 0 N–H and O–H groups in total. The molecule has 3 unspecified atom stereocenters. The molecule has 0 heterocycles. The molecule has 118 valence electrons. The summed E-state index contributed by atoms with van der Waals surface area (Å²) in [5.41, 5.74) is 0. The molecule has 1 saturated carbocycles. The van der Waals surface area contributed by atoms with E-state index in [1.54, 1.807) is 0 Å². The van der Waals surface area contributed by atoms with E-state index in [1.165, 1.54) is 7.11 Å². The highest BCUT2D eigenvalue weighted by molar-refractivity contribution is 5.79. The van der Waals surface area contributed by atoms with Gasteiger partial charge < -0.3 is 14.3 Å². The molecule has 1 aliphatic carbocycles. The van der Waals surface area contributed by atoms with Crippen LogP contribution in [0.5, 0.6) is 0 Å². The molecule has 0 amide bonds. The largest absolute Gasteiger partial charge is 0.469 e. The van der Waals surface area contributed by atoms with Crippen molar-refractivity contribution in [1.82, 2.24) is 0 Å². The van der Waals surface area contributed by atoms with Gasteiger partial charge >= 0.3 is 18.4 Å². The van der Waals surface area contributed by atoms with E-state index >= 15 is 0 Å². The Balaban J connectivity index is 2.74. The Kier molecular flexibility index (Phi) is 6.52. The Hall–Kier alpha value is -1.72. The smallest absolute Gasteiger partial charge is 0.316 e. The lowest BCUT2D eigenvalue weighted by molar-refractivity contribution is -0.160. The molecule has 0 spiro atoms. The molecule has 1 fully saturated rings. The highest BCUT2D eigenvalue weighted by Gasteiger charge is 2.41. The Bertz CT molecular complexity index is 393. The topological polar surface area (TPSA) is 86.7 Å². The van der Waals surface area contributed by atoms with E-state index in [4.69, 9.17) is 0 Å². The average molecular weight is 298 g/mol. The van der Waals surface area contributed by atoms with Crippen molar-refractivity contribution in [3.05, 3.63) is 0 Å². The highest BCUT2D eigenvalue weighted by atomic mass is 16.6. The second kappa shape index (κ2) is 7.90. The van der Waals surface area contributed by atoms with Gasteiger partial charge in [-0.3, -0.25) is 14.4 Å². The van der Waals surface area contributed by atoms with Crippen molar-refractivity contribution in [2.24, 2.45) is 29.6 Å². The van der Waals surface area contributed by atoms with Crippen LogP contribution in [0, 0.1) is 29.6 Å². The number of carbonyl (C=O) groups is 4. The van der Waals surface area contributed by atoms with Gasteiger partial charge in [0.15, 0.2) is 0 Å². The minimum Gasteiger partial charge on any atom is -0.469 e. The first-order valence-corrected chi connectivity index (χ1v) is 7.10. The maximum atomic E-state index is 11.8. The Morgan fingerprint density at radius 1 is 1.19 bits per heavy atom. The number of methoxy groups -OCH3 is 1. The first kappa shape index (κ1) is 17.3. The van der Waals surface area contributed by atoms with Crippen LogP contribution >= 0.6 is 0 Å². The molecular weight excluding hydrogens is 276 g/mol. The SMILES string of the molecule is COC(=O)CC(C=O)C1CC(C)C(C(=O)OC=O)C(C)C1. The third-order valence-corrected chi connectivity index (χ3v) is 4.42. The summed E-state index contributed by atoms with van der Waals surface area (Å²) in [5, 5.41) is 0. The normalized spacial score (nSPS) is 30.0. The van der Waals surface area contributed by atoms with Crippen molar-refractivity contribution in [1.29, 1.82) is 0 Å². The number of carbonyl (C=O) groups excluding carboxylic acids is 4. The fourth-order valence-corrected chi connectivity index (χ4v) is 3.45. The minimum absolute atomic E-state index is 0.00806. The molecule has 21 heavy (non-hydrogen) atoms. The first-order chi connectivity index (χ1) is 9.94. The molecule has 0 aromatic heterocycles. The van der Waals surface area contributed by atoms with E-state index in [2.05, 4.69) is 9.47 Å². The van der Waals surface area contributed by atoms with Crippen LogP contribution in [-0.4, -0.2) is 31.8 Å². The number of hydrogen-bond acceptors (Lipinski definition) is 6. The van der Waals surface area contributed by atoms with Crippen molar-refractivity contribution >= 4 is 24.7 Å². The van der Waals surface area contributed by atoms with Crippen LogP contribution in [0.1, 0.15) is 33.1 Å². The Morgan fingerprint density at radius 2 is 1.76 bits per heavy atom. The van der Waals surface area contributed by atoms with E-state index in [-0.39, 0.29) is 36.6 Å². The second-order valence-electron chi connectivity index (χ2n) is 5.83. The predicted molar refractivity (Wildman–Crippen MR) is 72.9 cm³/mol. The van der Waals surface area contributed by atoms with Gasteiger partial charge in [-0.1, -0.05) is 13.8 Å². The summed E-state index contributed by atoms with van der Waals surface area (Å²) in [6.07, 6.45) is 2.14. The van der Waals surface area contributed by atoms with Crippen molar-refractivity contribution in [2.45, 2.75) is 33.1 Å². The van der Waals surface area contributed by atoms with Crippen LogP contribution in [0.25, 0.3) is 0 Å². The van der Waals surface area contributed by atoms with Crippen molar-refractivity contribution in [3.63, 3.8) is 0 Å². The lowest BCUT2D eigenvalue weighted by Crippen LogP contribution is -2.39. The molecule has 0 aliphatic heterocycles. The Morgan fingerprint density at radius 3 is 2.19 bits per heavy atom. The quantitative estimate of drug-likeness (QED) is 0.418. The first-order valence-electron chi connectivity index (χ1n) is 7.10. The van der Waals surface area contributed by atoms with Crippen LogP contribution in [0.15, 0.2) is 0 Å². The van der Waals surface area contributed by atoms with Crippen LogP contribution in [0.4, 0.5) is 0 Å². The number of rotatable bonds is 6. The van der Waals surface area contributed by atoms with Gasteiger partial charge in [0.05, 0.1) is 19.4 Å². The number of esters is 2. The molecule has 0 saturated heterocycles. The fourth-order valence-electron chi connectivity index (χ4n) is 3.45. The van der Waals surface area contributed by atoms with Gasteiger partial charge in [-0.05, 0) is 30.6 Å². The molecule has 0 radical (unpaired) electrons. The molecule has 3 atom stereocenters. The van der Waals surface area contributed by atoms with Crippen LogP contribution in [0.3, 0.4) is 0 Å². The fraction of sp³-hybridized carbons (Fsp3) is 0.733. The molecule has 0 aromatic rings. The van der Waals surface area contributed by atoms with Gasteiger partial charge in [0.25, 0.3) is 0 Å². The monoisotopic (exact) mass is 298 g/mol. The third-order valence-electron chi connectivity index (χ3n) is 4.42. The Labute approximate surface area is 124 Å². The van der Waals surface area contributed by atoms with Crippen molar-refractivity contribution in [3.8, 4) is 0 Å². The third kappa shape index (κ3) is 4.37. The molecule has 1 aliphatic rings. The van der Waals surface area contributed by atoms with Gasteiger partial charge in [-0.2, -0.15) is 0 Å². The standard InChI is InChI=1S/C15H22O6/c1-9-4-11(12(7-16)6-13(18)20-3)5-10(2)14(9)15(19)21-8-17/h7-12,14H,4-6H2,1-3H3. The van der Waals surface area contributed by atoms with Gasteiger partial charge in [0.2, 0.25) is 0 Å². The summed E-state index contributed by atoms with van der Waals surface area (Å²) < 4.78 is 9.07. The average Bonchev–Trinajstić information content (AvgIpc) is 2.43. The minimum atomic E-state index is -0.515. The summed E-state index contributed by atoms with van der Waals surface area (Å²) in [7, 11) is 1.29. The van der Waals surface area contributed by atoms with Crippen LogP contribution in [-0.2, 0) is 28.7 Å². The highest BCUT2D eigenvalue weighted by Crippen LogP contribution is 2.42. The van der Waals surface area contributed by atoms with E-state index in [9.17, 15) is 19.2 Å². The van der Waals surface area contributed by atoms with E-state index in [0.29, 0.717) is 12.8 Å². The van der Waals surface area contributed by atoms with Crippen LogP contribution in [0.2, 0.25) is 0 Å². The van der Waals surface area contributed by atoms with E-state index in [0.717, 1.165) is 6.29 Å². The molecule has 6 nitrogen and oxygen atoms in total. The summed E-state index contributed by atoms with van der Waals surface area (Å²) in [6.45, 7) is 3.96. The zero-order valence-electron chi connectivity index (χ0n) is 12.6. The molecular formula is C15H22O6. The lowest BCUT2D eigenvalue weighted by atomic mass is 9.65. The summed E-state index contributed by atoms with van der Waals surface area (Å²) in [4.78, 5) is 44.7. The van der Waals surface area contributed by atoms with Gasteiger partial charge in [-0.25, -0.2) is 0 Å². The van der Waals surface area contributed by atoms with E-state index < -0.39 is 17.9 Å². The number of ether oxygens (including phenoxy) is 2. The summed E-state index contributed by atoms with van der Waals surface area (Å²) in [5.74, 6) is -1.65. The molecule has 0 aromatic carbocycles. The number of hydrogen-bond donors (Lipinski definition) is 0. The summed E-state index contributed by atoms with van der Waals surface area (Å²) >= 11 is 0. The molecule has 1 rings (SSSR count). The predicted octanol–water partition coefficient (Wildman–Crippen LogP) is 1.36. The number of aldehydes is 1. The lowest BCUT2D eigenvalue weighted by Gasteiger charge is -2.39. The van der Waals surface area contributed by atoms with Gasteiger partial charge in [0.1, 0.15) is 6.29 Å². The van der Waals surface area contributed by atoms with Crippen molar-refractivity contribution < 1.29 is 28.7 Å². The summed E-state index contributed by atoms with van der Waals surface area (Å²) in [6, 6.07) is 0. The van der Waals surface area contributed by atoms with Crippen LogP contribution < -0.4 is 0 Å². The molecule has 6 heteroatoms. The van der Waals surface area contributed by atoms with E-state index in [1.807, 2.05) is 13.8 Å². The second-order valence-corrected chi connectivity index (χ2v) is 5.83.